The van der Waals surface area contributed by atoms with E-state index in [9.17, 15) is 23.2 Å². The Balaban J connectivity index is 2.01. The van der Waals surface area contributed by atoms with Gasteiger partial charge in [0.1, 0.15) is 6.10 Å². The van der Waals surface area contributed by atoms with Gasteiger partial charge >= 0.3 is 17.9 Å². The minimum atomic E-state index is -3.40. The summed E-state index contributed by atoms with van der Waals surface area (Å²) in [6, 6.07) is 0. The fourth-order valence-corrected chi connectivity index (χ4v) is 6.13. The van der Waals surface area contributed by atoms with Gasteiger partial charge in [0.15, 0.2) is 6.29 Å². The van der Waals surface area contributed by atoms with Gasteiger partial charge in [0.05, 0.1) is 12.2 Å². The third-order valence-electron chi connectivity index (χ3n) is 8.36. The maximum atomic E-state index is 14.7. The molecule has 9 heteroatoms. The molecule has 43 heavy (non-hydrogen) atoms. The molecular formula is C34H56F2O7. The Morgan fingerprint density at radius 3 is 2.30 bits per heavy atom. The Kier molecular flexibility index (Phi) is 17.5. The van der Waals surface area contributed by atoms with E-state index in [0.717, 1.165) is 83.1 Å². The van der Waals surface area contributed by atoms with Crippen LogP contribution in [-0.4, -0.2) is 54.9 Å². The summed E-state index contributed by atoms with van der Waals surface area (Å²) in [6.07, 6.45) is 13.6. The van der Waals surface area contributed by atoms with Crippen LogP contribution in [0.3, 0.4) is 0 Å². The van der Waals surface area contributed by atoms with Crippen LogP contribution in [0.25, 0.3) is 0 Å². The third kappa shape index (κ3) is 14.6. The van der Waals surface area contributed by atoms with Crippen LogP contribution in [0.1, 0.15) is 137 Å². The Morgan fingerprint density at radius 1 is 0.953 bits per heavy atom. The van der Waals surface area contributed by atoms with E-state index in [4.69, 9.17) is 18.9 Å². The predicted molar refractivity (Wildman–Crippen MR) is 162 cm³/mol. The molecule has 2 unspecified atom stereocenters. The minimum Gasteiger partial charge on any atom is -0.463 e. The zero-order valence-electron chi connectivity index (χ0n) is 27.0. The van der Waals surface area contributed by atoms with E-state index in [1.54, 1.807) is 6.08 Å². The van der Waals surface area contributed by atoms with E-state index in [1.807, 2.05) is 20.8 Å². The van der Waals surface area contributed by atoms with Gasteiger partial charge in [-0.05, 0) is 58.4 Å². The number of carbonyl (C=O) groups excluding carboxylic acids is 3. The number of esters is 2. The molecule has 0 amide bonds. The highest BCUT2D eigenvalue weighted by Gasteiger charge is 2.46. The number of ether oxygens (including phenoxy) is 4. The van der Waals surface area contributed by atoms with Crippen LogP contribution in [0.15, 0.2) is 12.2 Å². The zero-order chi connectivity index (χ0) is 31.7. The van der Waals surface area contributed by atoms with Crippen molar-refractivity contribution in [3.63, 3.8) is 0 Å². The van der Waals surface area contributed by atoms with Crippen molar-refractivity contribution in [2.75, 3.05) is 6.61 Å². The van der Waals surface area contributed by atoms with Gasteiger partial charge in [0.25, 0.3) is 0 Å². The lowest BCUT2D eigenvalue weighted by Gasteiger charge is -2.29. The fourth-order valence-electron chi connectivity index (χ4n) is 6.13. The van der Waals surface area contributed by atoms with Gasteiger partial charge in [-0.25, -0.2) is 0 Å². The van der Waals surface area contributed by atoms with Crippen molar-refractivity contribution in [1.29, 1.82) is 0 Å². The van der Waals surface area contributed by atoms with Crippen molar-refractivity contribution in [1.82, 2.24) is 0 Å². The SMILES string of the molecule is CCCCCCC(F)(F)C(=O)C=C[C@@H]1C(CCCCCCCCC(=O)OC(C)C)[C@H](OC(C)=O)C[C@H]1OC1CCCCO1. The molecule has 0 spiro atoms. The summed E-state index contributed by atoms with van der Waals surface area (Å²) in [5.74, 6) is -5.62. The Labute approximate surface area is 257 Å². The second kappa shape index (κ2) is 20.2. The largest absolute Gasteiger partial charge is 0.463 e. The molecule has 2 aliphatic rings. The van der Waals surface area contributed by atoms with E-state index in [2.05, 4.69) is 0 Å². The summed E-state index contributed by atoms with van der Waals surface area (Å²) < 4.78 is 52.3. The Hall–Kier alpha value is -1.87. The minimum absolute atomic E-state index is 0.0945. The quantitative estimate of drug-likeness (QED) is 0.0730. The molecule has 0 radical (unpaired) electrons. The average molecular weight is 615 g/mol. The molecule has 1 saturated carbocycles. The Morgan fingerprint density at radius 2 is 1.65 bits per heavy atom. The van der Waals surface area contributed by atoms with E-state index in [1.165, 1.54) is 6.92 Å². The number of allylic oxidation sites excluding steroid dienone is 1. The number of alkyl halides is 2. The van der Waals surface area contributed by atoms with Crippen LogP contribution < -0.4 is 0 Å². The first kappa shape index (κ1) is 37.3. The molecule has 248 valence electrons. The zero-order valence-corrected chi connectivity index (χ0v) is 27.0. The fraction of sp³-hybridized carbons (Fsp3) is 0.853. The molecule has 0 bridgehead atoms. The van der Waals surface area contributed by atoms with Crippen LogP contribution in [0.4, 0.5) is 8.78 Å². The summed E-state index contributed by atoms with van der Waals surface area (Å²) in [6.45, 7) is 7.68. The summed E-state index contributed by atoms with van der Waals surface area (Å²) in [4.78, 5) is 36.3. The smallest absolute Gasteiger partial charge is 0.309 e. The summed E-state index contributed by atoms with van der Waals surface area (Å²) >= 11 is 0. The lowest BCUT2D eigenvalue weighted by molar-refractivity contribution is -0.193. The van der Waals surface area contributed by atoms with E-state index < -0.39 is 36.3 Å². The first-order valence-corrected chi connectivity index (χ1v) is 16.8. The van der Waals surface area contributed by atoms with Gasteiger partial charge in [-0.15, -0.1) is 0 Å². The maximum Gasteiger partial charge on any atom is 0.309 e. The number of hydrogen-bond donors (Lipinski definition) is 0. The number of ketones is 1. The molecule has 0 aromatic carbocycles. The molecule has 2 fully saturated rings. The second-order valence-corrected chi connectivity index (χ2v) is 12.5. The summed E-state index contributed by atoms with van der Waals surface area (Å²) in [5, 5.41) is 0. The van der Waals surface area contributed by atoms with Crippen molar-refractivity contribution in [3.8, 4) is 0 Å². The van der Waals surface area contributed by atoms with Gasteiger partial charge in [0, 0.05) is 44.6 Å². The van der Waals surface area contributed by atoms with Crippen molar-refractivity contribution in [2.24, 2.45) is 11.8 Å². The molecule has 5 atom stereocenters. The topological polar surface area (TPSA) is 88.1 Å². The average Bonchev–Trinajstić information content (AvgIpc) is 3.25. The van der Waals surface area contributed by atoms with E-state index in [-0.39, 0.29) is 30.2 Å². The van der Waals surface area contributed by atoms with Crippen LogP contribution in [0.2, 0.25) is 0 Å². The predicted octanol–water partition coefficient (Wildman–Crippen LogP) is 8.27. The van der Waals surface area contributed by atoms with E-state index in [0.29, 0.717) is 32.3 Å². The van der Waals surface area contributed by atoms with Gasteiger partial charge in [-0.1, -0.05) is 64.4 Å². The van der Waals surface area contributed by atoms with Gasteiger partial charge < -0.3 is 18.9 Å². The number of hydrogen-bond acceptors (Lipinski definition) is 7. The van der Waals surface area contributed by atoms with Gasteiger partial charge in [-0.3, -0.25) is 14.4 Å². The highest BCUT2D eigenvalue weighted by Crippen LogP contribution is 2.42. The van der Waals surface area contributed by atoms with Crippen LogP contribution in [0, 0.1) is 11.8 Å². The monoisotopic (exact) mass is 614 g/mol. The molecular weight excluding hydrogens is 558 g/mol. The van der Waals surface area contributed by atoms with E-state index >= 15 is 0 Å². The molecule has 0 aromatic heterocycles. The highest BCUT2D eigenvalue weighted by atomic mass is 19.3. The molecule has 1 aliphatic heterocycles. The molecule has 0 N–H and O–H groups in total. The third-order valence-corrected chi connectivity index (χ3v) is 8.36. The normalized spacial score (nSPS) is 24.5. The number of rotatable bonds is 21. The van der Waals surface area contributed by atoms with Crippen LogP contribution in [-0.2, 0) is 33.3 Å². The van der Waals surface area contributed by atoms with Crippen LogP contribution >= 0.6 is 0 Å². The van der Waals surface area contributed by atoms with Crippen LogP contribution in [0.5, 0.6) is 0 Å². The van der Waals surface area contributed by atoms with Gasteiger partial charge in [0.2, 0.25) is 5.78 Å². The first-order chi connectivity index (χ1) is 20.5. The standard InChI is InChI=1S/C34H56F2O7/c1-5-6-7-15-22-34(35,36)31(38)21-20-28-27(17-12-10-8-9-11-13-18-32(39)41-25(2)3)29(42-26(4)37)24-30(28)43-33-19-14-16-23-40-33/h20-21,25,27-30,33H,5-19,22-24H2,1-4H3/t27?,28-,29-,30-,33?/m1/s1. The number of unbranched alkanes of at least 4 members (excludes halogenated alkanes) is 8. The van der Waals surface area contributed by atoms with Gasteiger partial charge in [-0.2, -0.15) is 8.78 Å². The second-order valence-electron chi connectivity index (χ2n) is 12.5. The molecule has 0 aromatic rings. The first-order valence-electron chi connectivity index (χ1n) is 16.8. The number of carbonyl (C=O) groups is 3. The summed E-state index contributed by atoms with van der Waals surface area (Å²) in [7, 11) is 0. The Bertz CT molecular complexity index is 854. The highest BCUT2D eigenvalue weighted by molar-refractivity contribution is 5.95. The summed E-state index contributed by atoms with van der Waals surface area (Å²) in [5.41, 5.74) is 0. The number of halogens is 2. The van der Waals surface area contributed by atoms with Crippen molar-refractivity contribution < 1.29 is 42.1 Å². The van der Waals surface area contributed by atoms with Crippen molar-refractivity contribution in [3.05, 3.63) is 12.2 Å². The van der Waals surface area contributed by atoms with Crippen molar-refractivity contribution in [2.45, 2.75) is 167 Å². The molecule has 1 saturated heterocycles. The lowest BCUT2D eigenvalue weighted by atomic mass is 9.87. The maximum absolute atomic E-state index is 14.7. The molecule has 2 rings (SSSR count). The molecule has 1 aliphatic carbocycles. The molecule has 1 heterocycles. The lowest BCUT2D eigenvalue weighted by Crippen LogP contribution is -2.31. The molecule has 7 nitrogen and oxygen atoms in total. The van der Waals surface area contributed by atoms with Crippen molar-refractivity contribution >= 4 is 17.7 Å².